The topological polar surface area (TPSA) is 78.9 Å². The van der Waals surface area contributed by atoms with Crippen molar-refractivity contribution in [3.8, 4) is 0 Å². The van der Waals surface area contributed by atoms with Crippen LogP contribution in [0.15, 0.2) is 0 Å². The van der Waals surface area contributed by atoms with Gasteiger partial charge in [-0.25, -0.2) is 4.79 Å². The van der Waals surface area contributed by atoms with E-state index in [-0.39, 0.29) is 18.2 Å². The first-order valence-corrected chi connectivity index (χ1v) is 8.01. The van der Waals surface area contributed by atoms with Gasteiger partial charge in [-0.1, -0.05) is 12.8 Å². The molecular formula is C15H26N2O4. The highest BCUT2D eigenvalue weighted by Gasteiger charge is 2.33. The zero-order valence-corrected chi connectivity index (χ0v) is 12.7. The van der Waals surface area contributed by atoms with Gasteiger partial charge in [0, 0.05) is 25.7 Å². The van der Waals surface area contributed by atoms with Gasteiger partial charge in [0.15, 0.2) is 0 Å². The lowest BCUT2D eigenvalue weighted by molar-refractivity contribution is -0.143. The van der Waals surface area contributed by atoms with Gasteiger partial charge in [0.2, 0.25) is 0 Å². The molecule has 2 amide bonds. The zero-order valence-electron chi connectivity index (χ0n) is 12.7. The Morgan fingerprint density at radius 3 is 2.62 bits per heavy atom. The second-order valence-electron chi connectivity index (χ2n) is 5.96. The van der Waals surface area contributed by atoms with Gasteiger partial charge < -0.3 is 20.1 Å². The fourth-order valence-electron chi connectivity index (χ4n) is 3.24. The number of carbonyl (C=O) groups excluding carboxylic acids is 1. The fraction of sp³-hybridized carbons (Fsp3) is 0.867. The Bertz CT molecular complexity index is 369. The smallest absolute Gasteiger partial charge is 0.317 e. The Balaban J connectivity index is 1.89. The molecule has 1 saturated carbocycles. The molecule has 0 aromatic carbocycles. The van der Waals surface area contributed by atoms with E-state index in [1.165, 1.54) is 0 Å². The Morgan fingerprint density at radius 1 is 1.24 bits per heavy atom. The summed E-state index contributed by atoms with van der Waals surface area (Å²) in [6.45, 7) is 3.90. The van der Waals surface area contributed by atoms with Crippen LogP contribution in [-0.4, -0.2) is 53.8 Å². The Hall–Kier alpha value is -1.30. The normalized spacial score (nSPS) is 29.1. The number of urea groups is 1. The van der Waals surface area contributed by atoms with Crippen LogP contribution in [-0.2, 0) is 9.53 Å². The van der Waals surface area contributed by atoms with Crippen molar-refractivity contribution in [2.45, 2.75) is 57.6 Å². The van der Waals surface area contributed by atoms with Gasteiger partial charge in [-0.15, -0.1) is 0 Å². The summed E-state index contributed by atoms with van der Waals surface area (Å²) in [6, 6.07) is -0.409. The monoisotopic (exact) mass is 298 g/mol. The predicted octanol–water partition coefficient (Wildman–Crippen LogP) is 1.84. The molecule has 0 spiro atoms. The maximum atomic E-state index is 12.4. The number of carboxylic acids is 1. The minimum Gasteiger partial charge on any atom is -0.481 e. The van der Waals surface area contributed by atoms with Gasteiger partial charge in [0.05, 0.1) is 12.0 Å². The number of aliphatic carboxylic acids is 1. The minimum atomic E-state index is -0.804. The van der Waals surface area contributed by atoms with Crippen molar-refractivity contribution in [1.82, 2.24) is 10.2 Å². The summed E-state index contributed by atoms with van der Waals surface area (Å²) in [5.74, 6) is -1.26. The van der Waals surface area contributed by atoms with Crippen molar-refractivity contribution in [2.75, 3.05) is 19.7 Å². The van der Waals surface area contributed by atoms with Crippen molar-refractivity contribution in [2.24, 2.45) is 5.92 Å². The number of hydrogen-bond acceptors (Lipinski definition) is 3. The highest BCUT2D eigenvalue weighted by atomic mass is 16.5. The average molecular weight is 298 g/mol. The molecule has 0 bridgehead atoms. The van der Waals surface area contributed by atoms with Crippen molar-refractivity contribution < 1.29 is 19.4 Å². The number of carbonyl (C=O) groups is 2. The minimum absolute atomic E-state index is 0.123. The van der Waals surface area contributed by atoms with E-state index in [4.69, 9.17) is 4.74 Å². The van der Waals surface area contributed by atoms with Crippen LogP contribution in [0.2, 0.25) is 0 Å². The third-order valence-corrected chi connectivity index (χ3v) is 4.51. The first kappa shape index (κ1) is 16.1. The quantitative estimate of drug-likeness (QED) is 0.811. The molecule has 0 aromatic rings. The van der Waals surface area contributed by atoms with Gasteiger partial charge in [0.25, 0.3) is 0 Å². The van der Waals surface area contributed by atoms with Gasteiger partial charge in [0.1, 0.15) is 0 Å². The summed E-state index contributed by atoms with van der Waals surface area (Å²) in [6.07, 6.45) is 5.47. The summed E-state index contributed by atoms with van der Waals surface area (Å²) in [7, 11) is 0. The molecule has 1 saturated heterocycles. The molecule has 2 rings (SSSR count). The molecule has 6 heteroatoms. The van der Waals surface area contributed by atoms with E-state index in [1.54, 1.807) is 4.90 Å². The van der Waals surface area contributed by atoms with Crippen molar-refractivity contribution in [3.05, 3.63) is 0 Å². The van der Waals surface area contributed by atoms with E-state index in [9.17, 15) is 14.7 Å². The Labute approximate surface area is 125 Å². The molecule has 3 atom stereocenters. The van der Waals surface area contributed by atoms with Crippen LogP contribution in [0, 0.1) is 5.92 Å². The summed E-state index contributed by atoms with van der Waals surface area (Å²) in [4.78, 5) is 25.4. The lowest BCUT2D eigenvalue weighted by atomic mass is 9.84. The highest BCUT2D eigenvalue weighted by molar-refractivity contribution is 5.77. The third-order valence-electron chi connectivity index (χ3n) is 4.51. The van der Waals surface area contributed by atoms with Crippen LogP contribution in [0.25, 0.3) is 0 Å². The average Bonchev–Trinajstić information content (AvgIpc) is 2.98. The van der Waals surface area contributed by atoms with Crippen LogP contribution in [0.1, 0.15) is 45.4 Å². The maximum Gasteiger partial charge on any atom is 0.317 e. The highest BCUT2D eigenvalue weighted by Crippen LogP contribution is 2.25. The SMILES string of the molecule is CCN(CC1CCCO1)C(=O)NC1CCCCC1C(=O)O. The number of likely N-dealkylation sites (N-methyl/N-ethyl adjacent to an activating group) is 1. The number of hydrogen-bond donors (Lipinski definition) is 2. The number of ether oxygens (including phenoxy) is 1. The second-order valence-corrected chi connectivity index (χ2v) is 5.96. The Morgan fingerprint density at radius 2 is 2.00 bits per heavy atom. The number of carboxylic acid groups (broad SMARTS) is 1. The van der Waals surface area contributed by atoms with E-state index in [2.05, 4.69) is 5.32 Å². The zero-order chi connectivity index (χ0) is 15.2. The van der Waals surface area contributed by atoms with Crippen molar-refractivity contribution in [3.63, 3.8) is 0 Å². The molecule has 2 fully saturated rings. The van der Waals surface area contributed by atoms with Crippen LogP contribution in [0.4, 0.5) is 4.79 Å². The molecular weight excluding hydrogens is 272 g/mol. The third kappa shape index (κ3) is 4.33. The molecule has 0 radical (unpaired) electrons. The van der Waals surface area contributed by atoms with Crippen molar-refractivity contribution in [1.29, 1.82) is 0 Å². The maximum absolute atomic E-state index is 12.4. The molecule has 1 aliphatic carbocycles. The van der Waals surface area contributed by atoms with Gasteiger partial charge in [-0.3, -0.25) is 4.79 Å². The van der Waals surface area contributed by atoms with Crippen LogP contribution < -0.4 is 5.32 Å². The van der Waals surface area contributed by atoms with E-state index in [1.807, 2.05) is 6.92 Å². The molecule has 21 heavy (non-hydrogen) atoms. The van der Waals surface area contributed by atoms with Gasteiger partial charge in [-0.2, -0.15) is 0 Å². The summed E-state index contributed by atoms with van der Waals surface area (Å²) < 4.78 is 5.57. The lowest BCUT2D eigenvalue weighted by Crippen LogP contribution is -2.51. The Kier molecular flexibility index (Phi) is 5.85. The van der Waals surface area contributed by atoms with E-state index in [0.29, 0.717) is 19.5 Å². The van der Waals surface area contributed by atoms with E-state index < -0.39 is 11.9 Å². The fourth-order valence-corrected chi connectivity index (χ4v) is 3.24. The van der Waals surface area contributed by atoms with Crippen LogP contribution >= 0.6 is 0 Å². The van der Waals surface area contributed by atoms with Gasteiger partial charge in [-0.05, 0) is 32.6 Å². The largest absolute Gasteiger partial charge is 0.481 e. The molecule has 2 N–H and O–H groups in total. The number of nitrogens with one attached hydrogen (secondary N) is 1. The molecule has 1 heterocycles. The molecule has 3 unspecified atom stereocenters. The van der Waals surface area contributed by atoms with E-state index in [0.717, 1.165) is 38.7 Å². The molecule has 1 aliphatic heterocycles. The number of amides is 2. The molecule has 6 nitrogen and oxygen atoms in total. The van der Waals surface area contributed by atoms with E-state index >= 15 is 0 Å². The first-order chi connectivity index (χ1) is 10.1. The summed E-state index contributed by atoms with van der Waals surface area (Å²) in [5, 5.41) is 12.2. The predicted molar refractivity (Wildman–Crippen MR) is 78.1 cm³/mol. The van der Waals surface area contributed by atoms with Crippen LogP contribution in [0.5, 0.6) is 0 Å². The number of nitrogens with zero attached hydrogens (tertiary/aromatic N) is 1. The molecule has 120 valence electrons. The number of rotatable bonds is 5. The van der Waals surface area contributed by atoms with Gasteiger partial charge >= 0.3 is 12.0 Å². The summed E-state index contributed by atoms with van der Waals surface area (Å²) in [5.41, 5.74) is 0. The van der Waals surface area contributed by atoms with Crippen molar-refractivity contribution >= 4 is 12.0 Å². The molecule has 0 aromatic heterocycles. The standard InChI is InChI=1S/C15H26N2O4/c1-2-17(10-11-6-5-9-21-11)15(20)16-13-8-4-3-7-12(13)14(18)19/h11-13H,2-10H2,1H3,(H,16,20)(H,18,19). The molecule has 2 aliphatic rings. The first-order valence-electron chi connectivity index (χ1n) is 8.01. The van der Waals surface area contributed by atoms with Crippen LogP contribution in [0.3, 0.4) is 0 Å². The second kappa shape index (κ2) is 7.64. The summed E-state index contributed by atoms with van der Waals surface area (Å²) >= 11 is 0. The lowest BCUT2D eigenvalue weighted by Gasteiger charge is -2.32.